The van der Waals surface area contributed by atoms with Crippen molar-refractivity contribution >= 4 is 40.8 Å². The Labute approximate surface area is 122 Å². The lowest BCUT2D eigenvalue weighted by Gasteiger charge is -2.11. The summed E-state index contributed by atoms with van der Waals surface area (Å²) in [5, 5.41) is 9.46. The van der Waals surface area contributed by atoms with Crippen LogP contribution in [0.4, 0.5) is 4.39 Å². The van der Waals surface area contributed by atoms with Crippen LogP contribution >= 0.6 is 34.8 Å². The molecular weight excluding hydrogens is 315 g/mol. The van der Waals surface area contributed by atoms with E-state index < -0.39 is 17.3 Å². The van der Waals surface area contributed by atoms with Crippen molar-refractivity contribution in [2.45, 2.75) is 0 Å². The summed E-state index contributed by atoms with van der Waals surface area (Å²) in [6.07, 6.45) is 1.98. The van der Waals surface area contributed by atoms with Gasteiger partial charge in [0.05, 0.1) is 21.3 Å². The van der Waals surface area contributed by atoms with Crippen LogP contribution in [0.1, 0.15) is 10.4 Å². The molecule has 0 atom stereocenters. The fourth-order valence-electron chi connectivity index (χ4n) is 1.62. The van der Waals surface area contributed by atoms with E-state index in [4.69, 9.17) is 39.9 Å². The Morgan fingerprint density at radius 1 is 1.16 bits per heavy atom. The molecule has 0 bridgehead atoms. The van der Waals surface area contributed by atoms with Gasteiger partial charge in [0.2, 0.25) is 0 Å². The summed E-state index contributed by atoms with van der Waals surface area (Å²) in [6.45, 7) is 0. The molecule has 0 amide bonds. The third-order valence-electron chi connectivity index (χ3n) is 2.43. The van der Waals surface area contributed by atoms with Crippen LogP contribution in [0.3, 0.4) is 0 Å². The van der Waals surface area contributed by atoms with E-state index in [1.54, 1.807) is 0 Å². The van der Waals surface area contributed by atoms with Gasteiger partial charge >= 0.3 is 5.97 Å². The van der Waals surface area contributed by atoms with Gasteiger partial charge in [-0.05, 0) is 12.1 Å². The van der Waals surface area contributed by atoms with E-state index in [0.29, 0.717) is 0 Å². The number of benzene rings is 1. The normalized spacial score (nSPS) is 10.5. The Bertz CT molecular complexity index is 676. The monoisotopic (exact) mass is 319 g/mol. The SMILES string of the molecule is O=C(O)c1c(F)cncc1-c1c(Cl)ccc(Cl)c1Cl. The average Bonchev–Trinajstić information content (AvgIpc) is 2.34. The molecule has 0 spiro atoms. The maximum Gasteiger partial charge on any atom is 0.339 e. The zero-order valence-electron chi connectivity index (χ0n) is 9.12. The number of hydrogen-bond donors (Lipinski definition) is 1. The van der Waals surface area contributed by atoms with Gasteiger partial charge in [-0.15, -0.1) is 0 Å². The van der Waals surface area contributed by atoms with Crippen LogP contribution in [0.2, 0.25) is 15.1 Å². The summed E-state index contributed by atoms with van der Waals surface area (Å²) in [5.41, 5.74) is -0.439. The molecule has 2 rings (SSSR count). The summed E-state index contributed by atoms with van der Waals surface area (Å²) in [5.74, 6) is -2.42. The third-order valence-corrected chi connectivity index (χ3v) is 3.55. The molecule has 0 aliphatic heterocycles. The number of carboxylic acid groups (broad SMARTS) is 1. The van der Waals surface area contributed by atoms with Crippen LogP contribution in [0.15, 0.2) is 24.5 Å². The molecule has 0 radical (unpaired) electrons. The molecule has 1 aromatic heterocycles. The van der Waals surface area contributed by atoms with E-state index in [0.717, 1.165) is 6.20 Å². The van der Waals surface area contributed by atoms with Gasteiger partial charge in [-0.1, -0.05) is 34.8 Å². The molecule has 0 fully saturated rings. The second kappa shape index (κ2) is 5.33. The molecule has 2 aromatic rings. The van der Waals surface area contributed by atoms with Gasteiger partial charge in [-0.25, -0.2) is 9.18 Å². The minimum Gasteiger partial charge on any atom is -0.478 e. The predicted octanol–water partition coefficient (Wildman–Crippen LogP) is 4.55. The van der Waals surface area contributed by atoms with Crippen LogP contribution in [0, 0.1) is 5.82 Å². The van der Waals surface area contributed by atoms with Gasteiger partial charge in [-0.3, -0.25) is 4.98 Å². The van der Waals surface area contributed by atoms with E-state index in [9.17, 15) is 9.18 Å². The predicted molar refractivity (Wildman–Crippen MR) is 71.6 cm³/mol. The Kier molecular flexibility index (Phi) is 3.94. The number of rotatable bonds is 2. The van der Waals surface area contributed by atoms with E-state index >= 15 is 0 Å². The van der Waals surface area contributed by atoms with Crippen molar-refractivity contribution < 1.29 is 14.3 Å². The number of aromatic nitrogens is 1. The van der Waals surface area contributed by atoms with E-state index in [-0.39, 0.29) is 26.2 Å². The summed E-state index contributed by atoms with van der Waals surface area (Å²) in [4.78, 5) is 14.8. The van der Waals surface area contributed by atoms with Gasteiger partial charge in [-0.2, -0.15) is 0 Å². The number of pyridine rings is 1. The third kappa shape index (κ3) is 2.52. The summed E-state index contributed by atoms with van der Waals surface area (Å²) < 4.78 is 13.6. The number of hydrogen-bond acceptors (Lipinski definition) is 2. The molecule has 19 heavy (non-hydrogen) atoms. The first-order valence-electron chi connectivity index (χ1n) is 4.94. The maximum absolute atomic E-state index is 13.6. The van der Waals surface area contributed by atoms with Crippen molar-refractivity contribution in [3.05, 3.63) is 51.0 Å². The van der Waals surface area contributed by atoms with Gasteiger partial charge in [0.15, 0.2) is 5.82 Å². The molecule has 0 aliphatic rings. The zero-order valence-corrected chi connectivity index (χ0v) is 11.4. The number of halogens is 4. The van der Waals surface area contributed by atoms with E-state index in [1.807, 2.05) is 0 Å². The Hall–Kier alpha value is -1.36. The quantitative estimate of drug-likeness (QED) is 0.826. The Balaban J connectivity index is 2.84. The highest BCUT2D eigenvalue weighted by Crippen LogP contribution is 2.40. The van der Waals surface area contributed by atoms with Crippen LogP contribution in [0.5, 0.6) is 0 Å². The van der Waals surface area contributed by atoms with Crippen molar-refractivity contribution in [2.75, 3.05) is 0 Å². The zero-order chi connectivity index (χ0) is 14.2. The number of nitrogens with zero attached hydrogens (tertiary/aromatic N) is 1. The molecule has 98 valence electrons. The van der Waals surface area contributed by atoms with E-state index in [1.165, 1.54) is 18.3 Å². The summed E-state index contributed by atoms with van der Waals surface area (Å²) in [7, 11) is 0. The Morgan fingerprint density at radius 2 is 1.79 bits per heavy atom. The number of carbonyl (C=O) groups is 1. The minimum atomic E-state index is -1.44. The van der Waals surface area contributed by atoms with Crippen LogP contribution in [-0.4, -0.2) is 16.1 Å². The van der Waals surface area contributed by atoms with Gasteiger partial charge in [0.1, 0.15) is 5.56 Å². The van der Waals surface area contributed by atoms with Crippen molar-refractivity contribution in [1.82, 2.24) is 4.98 Å². The standard InChI is InChI=1S/C12H5Cl3FNO2/c13-6-1-2-7(14)11(15)9(6)5-3-17-4-8(16)10(5)12(18)19/h1-4H,(H,18,19). The molecule has 1 aromatic carbocycles. The first-order chi connectivity index (χ1) is 8.93. The highest BCUT2D eigenvalue weighted by Gasteiger charge is 2.22. The fraction of sp³-hybridized carbons (Fsp3) is 0. The van der Waals surface area contributed by atoms with Crippen molar-refractivity contribution in [3.8, 4) is 11.1 Å². The summed E-state index contributed by atoms with van der Waals surface area (Å²) in [6, 6.07) is 2.91. The topological polar surface area (TPSA) is 50.2 Å². The molecule has 0 aliphatic carbocycles. The Morgan fingerprint density at radius 3 is 2.42 bits per heavy atom. The van der Waals surface area contributed by atoms with E-state index in [2.05, 4.69) is 4.98 Å². The highest BCUT2D eigenvalue weighted by molar-refractivity contribution is 6.46. The molecule has 0 saturated heterocycles. The minimum absolute atomic E-state index is 0.0231. The van der Waals surface area contributed by atoms with Gasteiger partial charge in [0.25, 0.3) is 0 Å². The second-order valence-corrected chi connectivity index (χ2v) is 4.76. The highest BCUT2D eigenvalue weighted by atomic mass is 35.5. The molecule has 1 heterocycles. The van der Waals surface area contributed by atoms with Crippen molar-refractivity contribution in [3.63, 3.8) is 0 Å². The fourth-order valence-corrected chi connectivity index (χ4v) is 2.35. The molecule has 7 heteroatoms. The second-order valence-electron chi connectivity index (χ2n) is 3.57. The van der Waals surface area contributed by atoms with Crippen LogP contribution in [-0.2, 0) is 0 Å². The smallest absolute Gasteiger partial charge is 0.339 e. The van der Waals surface area contributed by atoms with Crippen LogP contribution in [0.25, 0.3) is 11.1 Å². The molecule has 0 unspecified atom stereocenters. The lowest BCUT2D eigenvalue weighted by Crippen LogP contribution is -2.05. The number of aromatic carboxylic acids is 1. The lowest BCUT2D eigenvalue weighted by molar-refractivity contribution is 0.0692. The largest absolute Gasteiger partial charge is 0.478 e. The first-order valence-corrected chi connectivity index (χ1v) is 6.07. The summed E-state index contributed by atoms with van der Waals surface area (Å²) >= 11 is 17.8. The molecule has 1 N–H and O–H groups in total. The van der Waals surface area contributed by atoms with Crippen molar-refractivity contribution in [1.29, 1.82) is 0 Å². The van der Waals surface area contributed by atoms with Gasteiger partial charge < -0.3 is 5.11 Å². The van der Waals surface area contributed by atoms with Gasteiger partial charge in [0, 0.05) is 17.3 Å². The van der Waals surface area contributed by atoms with Crippen molar-refractivity contribution in [2.24, 2.45) is 0 Å². The first kappa shape index (κ1) is 14.1. The molecule has 3 nitrogen and oxygen atoms in total. The number of carboxylic acids is 1. The average molecular weight is 321 g/mol. The molecule has 0 saturated carbocycles. The van der Waals surface area contributed by atoms with Crippen LogP contribution < -0.4 is 0 Å². The molecular formula is C12H5Cl3FNO2. The lowest BCUT2D eigenvalue weighted by atomic mass is 10.0. The maximum atomic E-state index is 13.6.